The van der Waals surface area contributed by atoms with Crippen LogP contribution in [0, 0.1) is 11.3 Å². The van der Waals surface area contributed by atoms with E-state index in [0.717, 1.165) is 0 Å². The first kappa shape index (κ1) is 10.5. The molecule has 1 aromatic heterocycles. The third-order valence-electron chi connectivity index (χ3n) is 2.22. The molecule has 0 spiro atoms. The molecule has 0 radical (unpaired) electrons. The molecule has 0 aliphatic rings. The van der Waals surface area contributed by atoms with Gasteiger partial charge in [-0.05, 0) is 13.3 Å². The SMILES string of the molecule is CCC(C)(O)/C(=C\C#N)n1ccnc1. The smallest absolute Gasteiger partial charge is 0.103 e. The molecular formula is C10H13N3O. The van der Waals surface area contributed by atoms with E-state index in [1.165, 1.54) is 6.08 Å². The molecule has 1 unspecified atom stereocenters. The van der Waals surface area contributed by atoms with Crippen LogP contribution in [0.1, 0.15) is 20.3 Å². The Morgan fingerprint density at radius 2 is 2.50 bits per heavy atom. The van der Waals surface area contributed by atoms with Crippen LogP contribution in [0.2, 0.25) is 0 Å². The molecule has 0 aliphatic heterocycles. The number of hydrogen-bond donors (Lipinski definition) is 1. The van der Waals surface area contributed by atoms with Gasteiger partial charge < -0.3 is 9.67 Å². The number of aliphatic hydroxyl groups is 1. The van der Waals surface area contributed by atoms with Gasteiger partial charge in [0.25, 0.3) is 0 Å². The molecule has 4 nitrogen and oxygen atoms in total. The van der Waals surface area contributed by atoms with E-state index >= 15 is 0 Å². The van der Waals surface area contributed by atoms with Crippen LogP contribution in [0.15, 0.2) is 24.8 Å². The summed E-state index contributed by atoms with van der Waals surface area (Å²) in [5.74, 6) is 0. The summed E-state index contributed by atoms with van der Waals surface area (Å²) in [7, 11) is 0. The number of allylic oxidation sites excluding steroid dienone is 1. The Hall–Kier alpha value is -1.60. The van der Waals surface area contributed by atoms with E-state index in [0.29, 0.717) is 12.1 Å². The van der Waals surface area contributed by atoms with E-state index in [1.807, 2.05) is 13.0 Å². The molecule has 14 heavy (non-hydrogen) atoms. The van der Waals surface area contributed by atoms with Crippen molar-refractivity contribution in [3.63, 3.8) is 0 Å². The number of aromatic nitrogens is 2. The average Bonchev–Trinajstić information content (AvgIpc) is 2.66. The van der Waals surface area contributed by atoms with Crippen molar-refractivity contribution in [3.05, 3.63) is 24.8 Å². The van der Waals surface area contributed by atoms with Gasteiger partial charge in [-0.15, -0.1) is 0 Å². The van der Waals surface area contributed by atoms with Crippen LogP contribution < -0.4 is 0 Å². The first-order valence-corrected chi connectivity index (χ1v) is 4.42. The maximum Gasteiger partial charge on any atom is 0.103 e. The van der Waals surface area contributed by atoms with Gasteiger partial charge >= 0.3 is 0 Å². The van der Waals surface area contributed by atoms with E-state index in [9.17, 15) is 5.11 Å². The second kappa shape index (κ2) is 4.07. The third-order valence-corrected chi connectivity index (χ3v) is 2.22. The van der Waals surface area contributed by atoms with Gasteiger partial charge in [-0.3, -0.25) is 0 Å². The third kappa shape index (κ3) is 2.01. The Morgan fingerprint density at radius 1 is 1.79 bits per heavy atom. The summed E-state index contributed by atoms with van der Waals surface area (Å²) in [4.78, 5) is 3.87. The number of nitrogens with zero attached hydrogens (tertiary/aromatic N) is 3. The molecule has 0 aromatic carbocycles. The van der Waals surface area contributed by atoms with Crippen LogP contribution in [0.5, 0.6) is 0 Å². The summed E-state index contributed by atoms with van der Waals surface area (Å²) in [5.41, 5.74) is -0.462. The van der Waals surface area contributed by atoms with Gasteiger partial charge in [0.15, 0.2) is 0 Å². The Morgan fingerprint density at radius 3 is 2.93 bits per heavy atom. The van der Waals surface area contributed by atoms with Gasteiger partial charge in [0.2, 0.25) is 0 Å². The zero-order valence-corrected chi connectivity index (χ0v) is 8.31. The number of nitriles is 1. The van der Waals surface area contributed by atoms with Gasteiger partial charge in [-0.25, -0.2) is 4.98 Å². The van der Waals surface area contributed by atoms with Crippen LogP contribution in [-0.4, -0.2) is 20.3 Å². The molecule has 4 heteroatoms. The second-order valence-corrected chi connectivity index (χ2v) is 3.26. The zero-order chi connectivity index (χ0) is 10.6. The van der Waals surface area contributed by atoms with Crippen LogP contribution in [0.4, 0.5) is 0 Å². The molecule has 1 N–H and O–H groups in total. The number of hydrogen-bond acceptors (Lipinski definition) is 3. The minimum atomic E-state index is -1.00. The van der Waals surface area contributed by atoms with Crippen molar-refractivity contribution in [1.29, 1.82) is 5.26 Å². The molecule has 0 saturated heterocycles. The molecule has 74 valence electrons. The lowest BCUT2D eigenvalue weighted by molar-refractivity contribution is 0.112. The Balaban J connectivity index is 3.12. The first-order chi connectivity index (χ1) is 6.61. The number of imidazole rings is 1. The van der Waals surface area contributed by atoms with Crippen LogP contribution in [0.3, 0.4) is 0 Å². The van der Waals surface area contributed by atoms with E-state index in [2.05, 4.69) is 4.98 Å². The van der Waals surface area contributed by atoms with Gasteiger partial charge in [-0.1, -0.05) is 6.92 Å². The Kier molecular flexibility index (Phi) is 3.05. The summed E-state index contributed by atoms with van der Waals surface area (Å²) < 4.78 is 1.65. The van der Waals surface area contributed by atoms with Crippen LogP contribution in [0.25, 0.3) is 5.70 Å². The summed E-state index contributed by atoms with van der Waals surface area (Å²) in [6.45, 7) is 3.54. The quantitative estimate of drug-likeness (QED) is 0.735. The molecule has 1 heterocycles. The van der Waals surface area contributed by atoms with E-state index < -0.39 is 5.60 Å². The van der Waals surface area contributed by atoms with Crippen molar-refractivity contribution in [2.75, 3.05) is 0 Å². The van der Waals surface area contributed by atoms with Crippen molar-refractivity contribution in [2.24, 2.45) is 0 Å². The highest BCUT2D eigenvalue weighted by molar-refractivity contribution is 5.56. The fraction of sp³-hybridized carbons (Fsp3) is 0.400. The Labute approximate surface area is 83.1 Å². The van der Waals surface area contributed by atoms with Crippen molar-refractivity contribution in [3.8, 4) is 6.07 Å². The molecular weight excluding hydrogens is 178 g/mol. The maximum atomic E-state index is 10.0. The van der Waals surface area contributed by atoms with Gasteiger partial charge in [0, 0.05) is 18.5 Å². The lowest BCUT2D eigenvalue weighted by Gasteiger charge is -2.24. The monoisotopic (exact) mass is 191 g/mol. The predicted octanol–water partition coefficient (Wildman–Crippen LogP) is 1.41. The van der Waals surface area contributed by atoms with Crippen LogP contribution >= 0.6 is 0 Å². The fourth-order valence-electron chi connectivity index (χ4n) is 1.15. The minimum absolute atomic E-state index is 0.540. The van der Waals surface area contributed by atoms with Crippen molar-refractivity contribution in [1.82, 2.24) is 9.55 Å². The Bertz CT molecular complexity index is 357. The predicted molar refractivity (Wildman–Crippen MR) is 53.0 cm³/mol. The zero-order valence-electron chi connectivity index (χ0n) is 8.31. The van der Waals surface area contributed by atoms with E-state index in [1.54, 1.807) is 30.2 Å². The summed E-state index contributed by atoms with van der Waals surface area (Å²) in [6, 6.07) is 1.93. The summed E-state index contributed by atoms with van der Waals surface area (Å²) in [5, 5.41) is 18.6. The molecule has 1 atom stereocenters. The van der Waals surface area contributed by atoms with Gasteiger partial charge in [0.05, 0.1) is 18.1 Å². The first-order valence-electron chi connectivity index (χ1n) is 4.42. The average molecular weight is 191 g/mol. The van der Waals surface area contributed by atoms with Gasteiger partial charge in [-0.2, -0.15) is 5.26 Å². The lowest BCUT2D eigenvalue weighted by atomic mass is 9.98. The largest absolute Gasteiger partial charge is 0.384 e. The minimum Gasteiger partial charge on any atom is -0.384 e. The van der Waals surface area contributed by atoms with Crippen LogP contribution in [-0.2, 0) is 0 Å². The number of rotatable bonds is 3. The molecule has 0 fully saturated rings. The normalized spacial score (nSPS) is 16.0. The summed E-state index contributed by atoms with van der Waals surface area (Å²) >= 11 is 0. The van der Waals surface area contributed by atoms with Crippen molar-refractivity contribution >= 4 is 5.70 Å². The maximum absolute atomic E-state index is 10.0. The molecule has 0 amide bonds. The lowest BCUT2D eigenvalue weighted by Crippen LogP contribution is -2.27. The highest BCUT2D eigenvalue weighted by Gasteiger charge is 2.24. The molecule has 1 aromatic rings. The van der Waals surface area contributed by atoms with Crippen molar-refractivity contribution < 1.29 is 5.11 Å². The molecule has 0 bridgehead atoms. The van der Waals surface area contributed by atoms with E-state index in [4.69, 9.17) is 5.26 Å². The summed E-state index contributed by atoms with van der Waals surface area (Å²) in [6.07, 6.45) is 6.75. The fourth-order valence-corrected chi connectivity index (χ4v) is 1.15. The highest BCUT2D eigenvalue weighted by atomic mass is 16.3. The highest BCUT2D eigenvalue weighted by Crippen LogP contribution is 2.23. The molecule has 0 aliphatic carbocycles. The molecule has 0 saturated carbocycles. The molecule has 1 rings (SSSR count). The van der Waals surface area contributed by atoms with Crippen molar-refractivity contribution in [2.45, 2.75) is 25.9 Å². The van der Waals surface area contributed by atoms with E-state index in [-0.39, 0.29) is 0 Å². The topological polar surface area (TPSA) is 61.8 Å². The van der Waals surface area contributed by atoms with Gasteiger partial charge in [0.1, 0.15) is 5.60 Å². The standard InChI is InChI=1S/C10H13N3O/c1-3-10(2,14)9(4-5-11)13-7-6-12-8-13/h4,6-8,14H,3H2,1-2H3/b9-4+. The second-order valence-electron chi connectivity index (χ2n) is 3.26.